The number of nitrogens with zero attached hydrogens (tertiary/aromatic N) is 3. The number of benzene rings is 1. The minimum atomic E-state index is -1.30. The van der Waals surface area contributed by atoms with Crippen LogP contribution in [0.2, 0.25) is 0 Å². The maximum absolute atomic E-state index is 14.1. The number of alkyl halides is 1. The molecule has 0 spiro atoms. The molecule has 12 heteroatoms. The second kappa shape index (κ2) is 12.7. The highest BCUT2D eigenvalue weighted by atomic mass is 19.1. The number of carbonyl (C=O) groups is 2. The summed E-state index contributed by atoms with van der Waals surface area (Å²) in [6.45, 7) is 0.192. The SMILES string of the molecule is CNC(=O)/C(N)=C/N(N)CCC(F)CN/C=C(\N=N)C(=O)NCc1cnc2ccccc2c1. The number of nitrogens with one attached hydrogen (secondary N) is 4. The van der Waals surface area contributed by atoms with Crippen molar-refractivity contribution in [2.45, 2.75) is 19.1 Å². The number of carbonyl (C=O) groups excluding carboxylic acids is 2. The van der Waals surface area contributed by atoms with E-state index in [0.29, 0.717) is 0 Å². The van der Waals surface area contributed by atoms with Crippen molar-refractivity contribution in [3.63, 3.8) is 0 Å². The minimum absolute atomic E-state index is 0.0450. The van der Waals surface area contributed by atoms with E-state index < -0.39 is 18.0 Å². The normalized spacial score (nSPS) is 12.7. The Balaban J connectivity index is 1.78. The van der Waals surface area contributed by atoms with Crippen molar-refractivity contribution in [3.8, 4) is 0 Å². The van der Waals surface area contributed by atoms with Crippen LogP contribution in [0.3, 0.4) is 0 Å². The van der Waals surface area contributed by atoms with Crippen LogP contribution in [-0.4, -0.2) is 48.1 Å². The Kier molecular flexibility index (Phi) is 9.71. The van der Waals surface area contributed by atoms with E-state index in [-0.39, 0.29) is 37.4 Å². The fourth-order valence-corrected chi connectivity index (χ4v) is 2.76. The van der Waals surface area contributed by atoms with Crippen molar-refractivity contribution in [2.24, 2.45) is 16.7 Å². The molecule has 0 radical (unpaired) electrons. The molecule has 2 rings (SSSR count). The molecule has 0 saturated heterocycles. The first-order chi connectivity index (χ1) is 15.8. The summed E-state index contributed by atoms with van der Waals surface area (Å²) in [6, 6.07) is 9.52. The van der Waals surface area contributed by atoms with E-state index in [1.54, 1.807) is 6.20 Å². The van der Waals surface area contributed by atoms with Crippen LogP contribution < -0.4 is 27.5 Å². The van der Waals surface area contributed by atoms with Crippen molar-refractivity contribution in [3.05, 3.63) is 65.9 Å². The van der Waals surface area contributed by atoms with Gasteiger partial charge in [-0.25, -0.2) is 15.8 Å². The van der Waals surface area contributed by atoms with Gasteiger partial charge < -0.3 is 26.7 Å². The fourth-order valence-electron chi connectivity index (χ4n) is 2.76. The van der Waals surface area contributed by atoms with Crippen molar-refractivity contribution >= 4 is 22.7 Å². The van der Waals surface area contributed by atoms with Gasteiger partial charge in [-0.3, -0.25) is 14.6 Å². The van der Waals surface area contributed by atoms with E-state index in [4.69, 9.17) is 17.1 Å². The van der Waals surface area contributed by atoms with Gasteiger partial charge in [0, 0.05) is 50.7 Å². The lowest BCUT2D eigenvalue weighted by Crippen LogP contribution is -2.34. The number of hydrogen-bond donors (Lipinski definition) is 6. The molecule has 2 aromatic rings. The second-order valence-corrected chi connectivity index (χ2v) is 7.06. The summed E-state index contributed by atoms with van der Waals surface area (Å²) in [5.74, 6) is 4.60. The number of fused-ring (bicyclic) bond motifs is 1. The number of aromatic nitrogens is 1. The molecule has 1 aromatic carbocycles. The molecule has 0 aliphatic heterocycles. The van der Waals surface area contributed by atoms with Gasteiger partial charge in [0.15, 0.2) is 5.70 Å². The van der Waals surface area contributed by atoms with Crippen LogP contribution in [0.25, 0.3) is 10.9 Å². The molecule has 33 heavy (non-hydrogen) atoms. The molecule has 1 heterocycles. The van der Waals surface area contributed by atoms with Crippen LogP contribution in [0.15, 0.2) is 65.4 Å². The zero-order valence-electron chi connectivity index (χ0n) is 18.2. The molecule has 1 atom stereocenters. The van der Waals surface area contributed by atoms with Crippen LogP contribution in [0.1, 0.15) is 12.0 Å². The first-order valence-electron chi connectivity index (χ1n) is 10.1. The summed E-state index contributed by atoms with van der Waals surface area (Å²) >= 11 is 0. The lowest BCUT2D eigenvalue weighted by molar-refractivity contribution is -0.118. The molecule has 8 N–H and O–H groups in total. The average Bonchev–Trinajstić information content (AvgIpc) is 2.83. The third kappa shape index (κ3) is 8.18. The maximum Gasteiger partial charge on any atom is 0.273 e. The monoisotopic (exact) mass is 457 g/mol. The molecule has 0 bridgehead atoms. The Morgan fingerprint density at radius 1 is 1.33 bits per heavy atom. The quantitative estimate of drug-likeness (QED) is 0.118. The molecule has 11 nitrogen and oxygen atoms in total. The molecule has 0 fully saturated rings. The predicted molar refractivity (Wildman–Crippen MR) is 122 cm³/mol. The van der Waals surface area contributed by atoms with E-state index in [0.717, 1.165) is 21.5 Å². The fraction of sp³-hybridized carbons (Fsp3) is 0.286. The molecule has 1 unspecified atom stereocenters. The number of amides is 2. The Labute approximate surface area is 190 Å². The minimum Gasteiger partial charge on any atom is -0.393 e. The van der Waals surface area contributed by atoms with Gasteiger partial charge in [0.2, 0.25) is 0 Å². The van der Waals surface area contributed by atoms with Gasteiger partial charge in [0.05, 0.1) is 5.52 Å². The van der Waals surface area contributed by atoms with Crippen molar-refractivity contribution in [1.29, 1.82) is 5.53 Å². The van der Waals surface area contributed by atoms with Crippen LogP contribution >= 0.6 is 0 Å². The largest absolute Gasteiger partial charge is 0.393 e. The van der Waals surface area contributed by atoms with Crippen LogP contribution in [0.5, 0.6) is 0 Å². The Bertz CT molecular complexity index is 1040. The first kappa shape index (κ1) is 25.2. The molecule has 0 aliphatic carbocycles. The molecular weight excluding hydrogens is 429 g/mol. The summed E-state index contributed by atoms with van der Waals surface area (Å²) in [5.41, 5.74) is 14.1. The Hall–Kier alpha value is -4.06. The van der Waals surface area contributed by atoms with Crippen LogP contribution in [0, 0.1) is 5.53 Å². The standard InChI is InChI=1S/C21H28FN9O2/c1-26-20(32)17(23)13-31(25)7-6-16(22)11-27-12-19(30-24)21(33)29-10-14-8-15-4-2-3-5-18(15)28-9-14/h2-5,8-9,12-13,16,24,27H,6-7,10-11,23,25H2,1H3,(H,26,32)(H,29,33)/b17-13-,19-12-,30-24?. The highest BCUT2D eigenvalue weighted by Gasteiger charge is 2.11. The number of nitrogens with two attached hydrogens (primary N) is 2. The van der Waals surface area contributed by atoms with Gasteiger partial charge in [0.25, 0.3) is 11.8 Å². The summed E-state index contributed by atoms with van der Waals surface area (Å²) in [4.78, 5) is 27.9. The Morgan fingerprint density at radius 2 is 2.09 bits per heavy atom. The lowest BCUT2D eigenvalue weighted by Gasteiger charge is -2.16. The van der Waals surface area contributed by atoms with Crippen molar-refractivity contribution < 1.29 is 14.0 Å². The molecule has 0 saturated carbocycles. The predicted octanol–water partition coefficient (Wildman–Crippen LogP) is 0.763. The number of para-hydroxylation sites is 1. The number of hydrazine groups is 1. The highest BCUT2D eigenvalue weighted by molar-refractivity contribution is 5.93. The topological polar surface area (TPSA) is 175 Å². The van der Waals surface area contributed by atoms with E-state index in [1.165, 1.54) is 19.4 Å². The van der Waals surface area contributed by atoms with Crippen LogP contribution in [-0.2, 0) is 16.1 Å². The van der Waals surface area contributed by atoms with Gasteiger partial charge in [-0.2, -0.15) is 5.11 Å². The number of likely N-dealkylation sites (N-methyl/N-ethyl adjacent to an activating group) is 1. The lowest BCUT2D eigenvalue weighted by atomic mass is 10.1. The van der Waals surface area contributed by atoms with Gasteiger partial charge in [0.1, 0.15) is 11.9 Å². The molecule has 2 amide bonds. The van der Waals surface area contributed by atoms with E-state index >= 15 is 0 Å². The third-order valence-corrected chi connectivity index (χ3v) is 4.53. The van der Waals surface area contributed by atoms with Crippen LogP contribution in [0.4, 0.5) is 4.39 Å². The number of hydrogen-bond acceptors (Lipinski definition) is 9. The molecule has 1 aromatic heterocycles. The highest BCUT2D eigenvalue weighted by Crippen LogP contribution is 2.12. The van der Waals surface area contributed by atoms with Gasteiger partial charge in [-0.1, -0.05) is 18.2 Å². The summed E-state index contributed by atoms with van der Waals surface area (Å²) in [5, 5.41) is 12.9. The summed E-state index contributed by atoms with van der Waals surface area (Å²) < 4.78 is 14.1. The molecule has 176 valence electrons. The van der Waals surface area contributed by atoms with Crippen molar-refractivity contribution in [2.75, 3.05) is 20.1 Å². The van der Waals surface area contributed by atoms with Gasteiger partial charge in [-0.05, 0) is 24.1 Å². The smallest absolute Gasteiger partial charge is 0.273 e. The average molecular weight is 458 g/mol. The zero-order valence-corrected chi connectivity index (χ0v) is 18.2. The summed E-state index contributed by atoms with van der Waals surface area (Å²) in [7, 11) is 1.43. The van der Waals surface area contributed by atoms with Gasteiger partial charge in [-0.15, -0.1) is 0 Å². The van der Waals surface area contributed by atoms with E-state index in [1.807, 2.05) is 30.3 Å². The van der Waals surface area contributed by atoms with Gasteiger partial charge >= 0.3 is 0 Å². The molecule has 0 aliphatic rings. The van der Waals surface area contributed by atoms with E-state index in [2.05, 4.69) is 26.0 Å². The van der Waals surface area contributed by atoms with Crippen molar-refractivity contribution in [1.82, 2.24) is 25.9 Å². The zero-order chi connectivity index (χ0) is 24.2. The van der Waals surface area contributed by atoms with E-state index in [9.17, 15) is 14.0 Å². The summed E-state index contributed by atoms with van der Waals surface area (Å²) in [6.07, 6.45) is 2.79. The third-order valence-electron chi connectivity index (χ3n) is 4.53. The first-order valence-corrected chi connectivity index (χ1v) is 10.1. The Morgan fingerprint density at radius 3 is 2.82 bits per heavy atom. The number of halogens is 1. The maximum atomic E-state index is 14.1. The molecular formula is C21H28FN9O2. The number of pyridine rings is 1. The second-order valence-electron chi connectivity index (χ2n) is 7.06. The number of rotatable bonds is 12.